The third-order valence-corrected chi connectivity index (χ3v) is 5.87. The summed E-state index contributed by atoms with van der Waals surface area (Å²) in [5.41, 5.74) is 1.45. The standard InChI is InChI=1S/C23H24N6O5S/c1-4-11-28-20(13-24-22(31)16-6-9-18(34-3)10-7-16)26-27-23(28)35-14-21(30)25-19-12-17(29(32)33)8-5-15(19)2/h4-10,12H,1,11,13-14H2,2-3H3,(H,24,31)(H,25,30). The zero-order valence-corrected chi connectivity index (χ0v) is 20.0. The molecule has 0 atom stereocenters. The average Bonchev–Trinajstić information content (AvgIpc) is 3.24. The average molecular weight is 497 g/mol. The molecule has 2 aromatic carbocycles. The molecule has 12 heteroatoms. The van der Waals surface area contributed by atoms with E-state index in [1.165, 1.54) is 12.1 Å². The molecule has 1 heterocycles. The molecule has 0 radical (unpaired) electrons. The zero-order valence-electron chi connectivity index (χ0n) is 19.2. The fourth-order valence-electron chi connectivity index (χ4n) is 3.05. The SMILES string of the molecule is C=CCn1c(CNC(=O)c2ccc(OC)cc2)nnc1SCC(=O)Nc1cc([N+](=O)[O-])ccc1C. The number of hydrogen-bond acceptors (Lipinski definition) is 8. The van der Waals surface area contributed by atoms with Crippen LogP contribution in [0.3, 0.4) is 0 Å². The fourth-order valence-corrected chi connectivity index (χ4v) is 3.81. The quantitative estimate of drug-likeness (QED) is 0.178. The molecule has 182 valence electrons. The summed E-state index contributed by atoms with van der Waals surface area (Å²) in [6.07, 6.45) is 1.66. The molecule has 0 saturated heterocycles. The molecular weight excluding hydrogens is 472 g/mol. The number of hydrogen-bond donors (Lipinski definition) is 2. The minimum absolute atomic E-state index is 0.00954. The number of carbonyl (C=O) groups is 2. The van der Waals surface area contributed by atoms with Crippen molar-refractivity contribution >= 4 is 35.0 Å². The van der Waals surface area contributed by atoms with Crippen LogP contribution in [0.5, 0.6) is 5.75 Å². The van der Waals surface area contributed by atoms with Crippen molar-refractivity contribution in [1.82, 2.24) is 20.1 Å². The maximum Gasteiger partial charge on any atom is 0.271 e. The van der Waals surface area contributed by atoms with Crippen LogP contribution in [0.15, 0.2) is 60.3 Å². The van der Waals surface area contributed by atoms with Crippen LogP contribution in [0, 0.1) is 17.0 Å². The van der Waals surface area contributed by atoms with Crippen molar-refractivity contribution in [3.63, 3.8) is 0 Å². The molecule has 0 bridgehead atoms. The van der Waals surface area contributed by atoms with Crippen molar-refractivity contribution in [2.45, 2.75) is 25.2 Å². The lowest BCUT2D eigenvalue weighted by Gasteiger charge is -2.10. The Bertz CT molecular complexity index is 1240. The molecule has 3 aromatic rings. The Balaban J connectivity index is 1.62. The monoisotopic (exact) mass is 496 g/mol. The molecular formula is C23H24N6O5S. The lowest BCUT2D eigenvalue weighted by molar-refractivity contribution is -0.384. The van der Waals surface area contributed by atoms with E-state index in [0.717, 1.165) is 11.8 Å². The van der Waals surface area contributed by atoms with Gasteiger partial charge in [0.1, 0.15) is 5.75 Å². The molecule has 0 aliphatic heterocycles. The molecule has 0 spiro atoms. The van der Waals surface area contributed by atoms with Gasteiger partial charge in [0, 0.05) is 24.2 Å². The van der Waals surface area contributed by atoms with Crippen LogP contribution in [0.1, 0.15) is 21.7 Å². The van der Waals surface area contributed by atoms with Crippen molar-refractivity contribution in [3.8, 4) is 5.75 Å². The maximum atomic E-state index is 12.5. The second kappa shape index (κ2) is 11.8. The van der Waals surface area contributed by atoms with Gasteiger partial charge in [0.15, 0.2) is 11.0 Å². The summed E-state index contributed by atoms with van der Waals surface area (Å²) >= 11 is 1.16. The largest absolute Gasteiger partial charge is 0.497 e. The highest BCUT2D eigenvalue weighted by atomic mass is 32.2. The zero-order chi connectivity index (χ0) is 25.4. The number of amides is 2. The number of nitrogens with zero attached hydrogens (tertiary/aromatic N) is 4. The number of aryl methyl sites for hydroxylation is 1. The molecule has 2 amide bonds. The Morgan fingerprint density at radius 1 is 1.23 bits per heavy atom. The molecule has 1 aromatic heterocycles. The molecule has 0 aliphatic rings. The summed E-state index contributed by atoms with van der Waals surface area (Å²) in [7, 11) is 1.55. The van der Waals surface area contributed by atoms with Crippen LogP contribution >= 0.6 is 11.8 Å². The number of benzene rings is 2. The van der Waals surface area contributed by atoms with Crippen molar-refractivity contribution in [2.24, 2.45) is 0 Å². The first kappa shape index (κ1) is 25.4. The number of thioether (sulfide) groups is 1. The first-order chi connectivity index (χ1) is 16.8. The number of aromatic nitrogens is 3. The van der Waals surface area contributed by atoms with Crippen molar-refractivity contribution < 1.29 is 19.2 Å². The predicted molar refractivity (Wildman–Crippen MR) is 132 cm³/mol. The topological polar surface area (TPSA) is 141 Å². The number of anilines is 1. The Morgan fingerprint density at radius 2 is 1.97 bits per heavy atom. The smallest absolute Gasteiger partial charge is 0.271 e. The first-order valence-electron chi connectivity index (χ1n) is 10.4. The van der Waals surface area contributed by atoms with Gasteiger partial charge in [-0.1, -0.05) is 23.9 Å². The highest BCUT2D eigenvalue weighted by molar-refractivity contribution is 7.99. The summed E-state index contributed by atoms with van der Waals surface area (Å²) in [5.74, 6) is 0.543. The number of non-ortho nitro benzene ring substituents is 1. The van der Waals surface area contributed by atoms with Gasteiger partial charge in [-0.3, -0.25) is 19.7 Å². The highest BCUT2D eigenvalue weighted by Crippen LogP contribution is 2.23. The Hall–Kier alpha value is -4.19. The predicted octanol–water partition coefficient (Wildman–Crippen LogP) is 3.35. The first-order valence-corrected chi connectivity index (χ1v) is 11.4. The Labute approximate surface area is 205 Å². The van der Waals surface area contributed by atoms with Gasteiger partial charge < -0.3 is 19.9 Å². The number of allylic oxidation sites excluding steroid dienone is 1. The summed E-state index contributed by atoms with van der Waals surface area (Å²) in [5, 5.41) is 25.2. The fraction of sp³-hybridized carbons (Fsp3) is 0.217. The van der Waals surface area contributed by atoms with E-state index in [1.54, 1.807) is 55.0 Å². The van der Waals surface area contributed by atoms with Crippen molar-refractivity contribution in [3.05, 3.63) is 82.2 Å². The van der Waals surface area contributed by atoms with E-state index in [4.69, 9.17) is 4.74 Å². The second-order valence-electron chi connectivity index (χ2n) is 7.30. The second-order valence-corrected chi connectivity index (χ2v) is 8.24. The van der Waals surface area contributed by atoms with E-state index in [-0.39, 0.29) is 29.8 Å². The number of carbonyl (C=O) groups excluding carboxylic acids is 2. The molecule has 35 heavy (non-hydrogen) atoms. The summed E-state index contributed by atoms with van der Waals surface area (Å²) in [6, 6.07) is 11.0. The molecule has 0 aliphatic carbocycles. The highest BCUT2D eigenvalue weighted by Gasteiger charge is 2.16. The molecule has 0 unspecified atom stereocenters. The van der Waals surface area contributed by atoms with E-state index in [1.807, 2.05) is 0 Å². The lowest BCUT2D eigenvalue weighted by atomic mass is 10.2. The number of nitro groups is 1. The van der Waals surface area contributed by atoms with E-state index in [0.29, 0.717) is 40.1 Å². The lowest BCUT2D eigenvalue weighted by Crippen LogP contribution is -2.24. The molecule has 11 nitrogen and oxygen atoms in total. The van der Waals surface area contributed by atoms with Gasteiger partial charge in [-0.15, -0.1) is 16.8 Å². The van der Waals surface area contributed by atoms with Crippen LogP contribution in [-0.4, -0.2) is 44.4 Å². The Morgan fingerprint density at radius 3 is 2.63 bits per heavy atom. The van der Waals surface area contributed by atoms with E-state index < -0.39 is 4.92 Å². The van der Waals surface area contributed by atoms with Crippen molar-refractivity contribution in [1.29, 1.82) is 0 Å². The van der Waals surface area contributed by atoms with Crippen molar-refractivity contribution in [2.75, 3.05) is 18.2 Å². The maximum absolute atomic E-state index is 12.5. The summed E-state index contributed by atoms with van der Waals surface area (Å²) < 4.78 is 6.84. The number of ether oxygens (including phenoxy) is 1. The van der Waals surface area contributed by atoms with Crippen LogP contribution in [0.25, 0.3) is 0 Å². The molecule has 0 saturated carbocycles. The molecule has 0 fully saturated rings. The van der Waals surface area contributed by atoms with Gasteiger partial charge in [-0.2, -0.15) is 0 Å². The Kier molecular flexibility index (Phi) is 8.57. The third-order valence-electron chi connectivity index (χ3n) is 4.90. The van der Waals surface area contributed by atoms with Crippen LogP contribution in [0.2, 0.25) is 0 Å². The summed E-state index contributed by atoms with van der Waals surface area (Å²) in [6.45, 7) is 6.00. The number of nitro benzene ring substituents is 1. The minimum Gasteiger partial charge on any atom is -0.497 e. The third kappa shape index (κ3) is 6.67. The number of rotatable bonds is 11. The van der Waals surface area contributed by atoms with Gasteiger partial charge in [-0.25, -0.2) is 0 Å². The van der Waals surface area contributed by atoms with Crippen LogP contribution in [0.4, 0.5) is 11.4 Å². The van der Waals surface area contributed by atoms with Gasteiger partial charge >= 0.3 is 0 Å². The van der Waals surface area contributed by atoms with Crippen LogP contribution in [-0.2, 0) is 17.9 Å². The van der Waals surface area contributed by atoms with E-state index in [9.17, 15) is 19.7 Å². The van der Waals surface area contributed by atoms with Gasteiger partial charge in [0.25, 0.3) is 11.6 Å². The van der Waals surface area contributed by atoms with Gasteiger partial charge in [-0.05, 0) is 36.8 Å². The minimum atomic E-state index is -0.517. The normalized spacial score (nSPS) is 10.5. The van der Waals surface area contributed by atoms with Crippen LogP contribution < -0.4 is 15.4 Å². The van der Waals surface area contributed by atoms with Gasteiger partial charge in [0.2, 0.25) is 5.91 Å². The molecule has 3 rings (SSSR count). The van der Waals surface area contributed by atoms with Gasteiger partial charge in [0.05, 0.1) is 30.0 Å². The summed E-state index contributed by atoms with van der Waals surface area (Å²) in [4.78, 5) is 35.4. The number of methoxy groups -OCH3 is 1. The molecule has 2 N–H and O–H groups in total. The number of nitrogens with one attached hydrogen (secondary N) is 2. The van der Waals surface area contributed by atoms with E-state index in [2.05, 4.69) is 27.4 Å². The van der Waals surface area contributed by atoms with E-state index >= 15 is 0 Å².